The summed E-state index contributed by atoms with van der Waals surface area (Å²) in [4.78, 5) is 0. The molecule has 1 saturated heterocycles. The molecule has 1 heterocycles. The molecule has 1 aliphatic carbocycles. The first-order valence-corrected chi connectivity index (χ1v) is 6.61. The Bertz CT molecular complexity index is 120. The van der Waals surface area contributed by atoms with Gasteiger partial charge in [0.05, 0.1) is 0 Å². The Morgan fingerprint density at radius 1 is 0.929 bits per heavy atom. The Hall–Kier alpha value is -0.0400. The quantitative estimate of drug-likeness (QED) is 0.625. The van der Waals surface area contributed by atoms with Crippen molar-refractivity contribution >= 4 is 0 Å². The molecule has 2 rings (SSSR count). The summed E-state index contributed by atoms with van der Waals surface area (Å²) in [6.45, 7) is 11.6. The zero-order chi connectivity index (χ0) is 11.0. The van der Waals surface area contributed by atoms with E-state index in [1.54, 1.807) is 0 Å². The maximum Gasteiger partial charge on any atom is 0.00702 e. The van der Waals surface area contributed by atoms with Gasteiger partial charge in [-0.15, -0.1) is 0 Å². The van der Waals surface area contributed by atoms with Gasteiger partial charge < -0.3 is 5.32 Å². The normalized spacial score (nSPS) is 34.5. The first-order valence-electron chi connectivity index (χ1n) is 6.61. The molecular weight excluding hydrogens is 170 g/mol. The topological polar surface area (TPSA) is 12.0 Å². The number of rotatable bonds is 0. The molecule has 0 amide bonds. The van der Waals surface area contributed by atoms with Gasteiger partial charge in [0.1, 0.15) is 0 Å². The highest BCUT2D eigenvalue weighted by Crippen LogP contribution is 2.35. The molecule has 86 valence electrons. The summed E-state index contributed by atoms with van der Waals surface area (Å²) in [7, 11) is 0. The molecule has 1 saturated carbocycles. The van der Waals surface area contributed by atoms with E-state index >= 15 is 0 Å². The van der Waals surface area contributed by atoms with E-state index in [1.807, 2.05) is 27.7 Å². The second kappa shape index (κ2) is 8.28. The molecule has 14 heavy (non-hydrogen) atoms. The summed E-state index contributed by atoms with van der Waals surface area (Å²) in [6, 6.07) is 0.810. The lowest BCUT2D eigenvalue weighted by molar-refractivity contribution is 0.272. The average molecular weight is 199 g/mol. The van der Waals surface area contributed by atoms with Crippen molar-refractivity contribution in [2.75, 3.05) is 6.54 Å². The van der Waals surface area contributed by atoms with Crippen LogP contribution in [0.4, 0.5) is 0 Å². The second-order valence-corrected chi connectivity index (χ2v) is 3.91. The fraction of sp³-hybridized carbons (Fsp3) is 1.00. The first kappa shape index (κ1) is 14.0. The van der Waals surface area contributed by atoms with Crippen molar-refractivity contribution in [3.05, 3.63) is 0 Å². The standard InChI is InChI=1S/C9H17N.2C2H6/c1-7-9-5-3-2-4-8(9)6-10-7;2*1-2/h7-10H,2-6H2,1H3;2*1-2H3. The predicted molar refractivity (Wildman–Crippen MR) is 65.6 cm³/mol. The van der Waals surface area contributed by atoms with Gasteiger partial charge in [0.25, 0.3) is 0 Å². The average Bonchev–Trinajstić information content (AvgIpc) is 2.67. The molecule has 1 nitrogen and oxygen atoms in total. The third kappa shape index (κ3) is 3.61. The van der Waals surface area contributed by atoms with Crippen LogP contribution in [0.15, 0.2) is 0 Å². The molecule has 0 aromatic carbocycles. The number of hydrogen-bond acceptors (Lipinski definition) is 1. The third-order valence-corrected chi connectivity index (χ3v) is 3.31. The summed E-state index contributed by atoms with van der Waals surface area (Å²) in [5, 5.41) is 3.56. The zero-order valence-corrected chi connectivity index (χ0v) is 10.8. The van der Waals surface area contributed by atoms with Gasteiger partial charge in [0.15, 0.2) is 0 Å². The van der Waals surface area contributed by atoms with E-state index in [1.165, 1.54) is 32.2 Å². The Labute approximate surface area is 90.7 Å². The fourth-order valence-electron chi connectivity index (χ4n) is 2.64. The molecule has 2 aliphatic rings. The Morgan fingerprint density at radius 3 is 2.07 bits per heavy atom. The van der Waals surface area contributed by atoms with Gasteiger partial charge in [0, 0.05) is 6.04 Å². The smallest absolute Gasteiger partial charge is 0.00702 e. The molecule has 0 aromatic heterocycles. The van der Waals surface area contributed by atoms with Crippen LogP contribution in [-0.2, 0) is 0 Å². The maximum absolute atomic E-state index is 3.56. The Balaban J connectivity index is 0.000000379. The van der Waals surface area contributed by atoms with Crippen LogP contribution in [0.25, 0.3) is 0 Å². The third-order valence-electron chi connectivity index (χ3n) is 3.31. The van der Waals surface area contributed by atoms with Crippen molar-refractivity contribution in [1.29, 1.82) is 0 Å². The molecule has 1 N–H and O–H groups in total. The van der Waals surface area contributed by atoms with E-state index in [9.17, 15) is 0 Å². The van der Waals surface area contributed by atoms with Crippen molar-refractivity contribution in [3.8, 4) is 0 Å². The number of hydrogen-bond donors (Lipinski definition) is 1. The highest BCUT2D eigenvalue weighted by molar-refractivity contribution is 4.89. The molecule has 3 atom stereocenters. The van der Waals surface area contributed by atoms with E-state index in [0.717, 1.165) is 17.9 Å². The van der Waals surface area contributed by atoms with E-state index in [4.69, 9.17) is 0 Å². The van der Waals surface area contributed by atoms with Crippen LogP contribution in [0.3, 0.4) is 0 Å². The SMILES string of the molecule is CC.CC.CC1NCC2CCCCC21. The fourth-order valence-corrected chi connectivity index (χ4v) is 2.64. The zero-order valence-electron chi connectivity index (χ0n) is 10.8. The van der Waals surface area contributed by atoms with E-state index < -0.39 is 0 Å². The highest BCUT2D eigenvalue weighted by Gasteiger charge is 2.34. The Morgan fingerprint density at radius 2 is 1.50 bits per heavy atom. The monoisotopic (exact) mass is 199 g/mol. The lowest BCUT2D eigenvalue weighted by Crippen LogP contribution is -2.24. The van der Waals surface area contributed by atoms with E-state index in [0.29, 0.717) is 0 Å². The largest absolute Gasteiger partial charge is 0.314 e. The molecular formula is C13H29N. The van der Waals surface area contributed by atoms with Crippen LogP contribution in [0.2, 0.25) is 0 Å². The maximum atomic E-state index is 3.56. The van der Waals surface area contributed by atoms with Gasteiger partial charge in [-0.2, -0.15) is 0 Å². The van der Waals surface area contributed by atoms with Crippen LogP contribution in [0.5, 0.6) is 0 Å². The van der Waals surface area contributed by atoms with Crippen molar-refractivity contribution in [1.82, 2.24) is 5.32 Å². The molecule has 3 unspecified atom stereocenters. The minimum absolute atomic E-state index is 0.810. The van der Waals surface area contributed by atoms with Crippen molar-refractivity contribution in [2.24, 2.45) is 11.8 Å². The minimum Gasteiger partial charge on any atom is -0.314 e. The summed E-state index contributed by atoms with van der Waals surface area (Å²) in [5.41, 5.74) is 0. The van der Waals surface area contributed by atoms with Crippen molar-refractivity contribution < 1.29 is 0 Å². The van der Waals surface area contributed by atoms with Gasteiger partial charge in [-0.25, -0.2) is 0 Å². The summed E-state index contributed by atoms with van der Waals surface area (Å²) in [5.74, 6) is 2.05. The summed E-state index contributed by atoms with van der Waals surface area (Å²) in [6.07, 6.45) is 5.93. The molecule has 1 heteroatoms. The lowest BCUT2D eigenvalue weighted by Gasteiger charge is -2.26. The molecule has 0 aromatic rings. The molecule has 0 bridgehead atoms. The van der Waals surface area contributed by atoms with Gasteiger partial charge in [-0.3, -0.25) is 0 Å². The number of fused-ring (bicyclic) bond motifs is 1. The molecule has 1 aliphatic heterocycles. The van der Waals surface area contributed by atoms with E-state index in [-0.39, 0.29) is 0 Å². The highest BCUT2D eigenvalue weighted by atomic mass is 15.0. The summed E-state index contributed by atoms with van der Waals surface area (Å²) >= 11 is 0. The van der Waals surface area contributed by atoms with Gasteiger partial charge in [0.2, 0.25) is 0 Å². The van der Waals surface area contributed by atoms with Crippen LogP contribution >= 0.6 is 0 Å². The predicted octanol–water partition coefficient (Wildman–Crippen LogP) is 3.84. The van der Waals surface area contributed by atoms with Crippen molar-refractivity contribution in [2.45, 2.75) is 66.3 Å². The van der Waals surface area contributed by atoms with Crippen LogP contribution in [0.1, 0.15) is 60.3 Å². The van der Waals surface area contributed by atoms with Crippen LogP contribution in [0, 0.1) is 11.8 Å². The molecule has 0 spiro atoms. The first-order chi connectivity index (χ1) is 6.88. The van der Waals surface area contributed by atoms with Gasteiger partial charge in [-0.05, 0) is 38.1 Å². The minimum atomic E-state index is 0.810. The van der Waals surface area contributed by atoms with Crippen LogP contribution < -0.4 is 5.32 Å². The summed E-state index contributed by atoms with van der Waals surface area (Å²) < 4.78 is 0. The van der Waals surface area contributed by atoms with Crippen molar-refractivity contribution in [3.63, 3.8) is 0 Å². The Kier molecular flexibility index (Phi) is 8.26. The number of nitrogens with one attached hydrogen (secondary N) is 1. The van der Waals surface area contributed by atoms with E-state index in [2.05, 4.69) is 12.2 Å². The van der Waals surface area contributed by atoms with Gasteiger partial charge in [-0.1, -0.05) is 40.5 Å². The second-order valence-electron chi connectivity index (χ2n) is 3.91. The van der Waals surface area contributed by atoms with Gasteiger partial charge >= 0.3 is 0 Å². The molecule has 2 fully saturated rings. The lowest BCUT2D eigenvalue weighted by atomic mass is 9.79. The van der Waals surface area contributed by atoms with Crippen LogP contribution in [-0.4, -0.2) is 12.6 Å². The molecule has 0 radical (unpaired) electrons.